The normalized spacial score (nSPS) is 46.9. The van der Waals surface area contributed by atoms with Gasteiger partial charge in [-0.2, -0.15) is 0 Å². The molecule has 3 saturated heterocycles. The van der Waals surface area contributed by atoms with Crippen molar-refractivity contribution in [1.29, 1.82) is 0 Å². The number of rotatable bonds is 0. The van der Waals surface area contributed by atoms with Crippen LogP contribution in [0.2, 0.25) is 0 Å². The van der Waals surface area contributed by atoms with Crippen molar-refractivity contribution in [3.63, 3.8) is 0 Å². The lowest BCUT2D eigenvalue weighted by molar-refractivity contribution is -0.241. The molecule has 4 unspecified atom stereocenters. The summed E-state index contributed by atoms with van der Waals surface area (Å²) in [7, 11) is 0. The number of fused-ring (bicyclic) bond motifs is 3. The van der Waals surface area contributed by atoms with Crippen LogP contribution < -0.4 is 0 Å². The molecule has 0 radical (unpaired) electrons. The quantitative estimate of drug-likeness (QED) is 0.593. The predicted octanol–water partition coefficient (Wildman–Crippen LogP) is 1.10. The monoisotopic (exact) mass is 240 g/mol. The first-order valence-corrected chi connectivity index (χ1v) is 6.46. The Hall–Kier alpha value is -0.650. The molecule has 1 saturated carbocycles. The summed E-state index contributed by atoms with van der Waals surface area (Å²) in [5.41, 5.74) is 0. The van der Waals surface area contributed by atoms with Gasteiger partial charge in [0.15, 0.2) is 24.3 Å². The van der Waals surface area contributed by atoms with Crippen LogP contribution in [-0.2, 0) is 23.7 Å². The Morgan fingerprint density at radius 3 is 2.71 bits per heavy atom. The zero-order chi connectivity index (χ0) is 11.5. The molecular weight excluding hydrogens is 224 g/mol. The summed E-state index contributed by atoms with van der Waals surface area (Å²) in [6.07, 6.45) is 4.71. The van der Waals surface area contributed by atoms with Crippen LogP contribution in [0.1, 0.15) is 38.5 Å². The molecule has 0 aromatic rings. The van der Waals surface area contributed by atoms with Crippen LogP contribution in [-0.4, -0.2) is 36.4 Å². The van der Waals surface area contributed by atoms with E-state index in [4.69, 9.17) is 18.9 Å². The molecule has 5 heteroatoms. The number of ether oxygens (including phenoxy) is 4. The van der Waals surface area contributed by atoms with Gasteiger partial charge < -0.3 is 18.9 Å². The van der Waals surface area contributed by atoms with E-state index in [1.807, 2.05) is 0 Å². The van der Waals surface area contributed by atoms with Crippen molar-refractivity contribution in [2.75, 3.05) is 0 Å². The maximum atomic E-state index is 11.2. The highest BCUT2D eigenvalue weighted by Crippen LogP contribution is 2.47. The van der Waals surface area contributed by atoms with E-state index in [9.17, 15) is 4.79 Å². The third kappa shape index (κ3) is 1.46. The summed E-state index contributed by atoms with van der Waals surface area (Å²) in [4.78, 5) is 11.2. The average Bonchev–Trinajstić information content (AvgIpc) is 2.89. The summed E-state index contributed by atoms with van der Waals surface area (Å²) in [5, 5.41) is 0. The highest BCUT2D eigenvalue weighted by molar-refractivity contribution is 5.73. The Morgan fingerprint density at radius 2 is 1.88 bits per heavy atom. The Bertz CT molecular complexity index is 349. The number of esters is 1. The van der Waals surface area contributed by atoms with Gasteiger partial charge in [-0.1, -0.05) is 6.42 Å². The molecule has 3 heterocycles. The SMILES string of the molecule is O=C1CC2OC3OC4(CCCCC4)OC3C2O1. The number of carbonyl (C=O) groups is 1. The molecule has 17 heavy (non-hydrogen) atoms. The van der Waals surface area contributed by atoms with Gasteiger partial charge in [-0.25, -0.2) is 0 Å². The standard InChI is InChI=1S/C12H16O5/c13-8-6-7-9(15-8)10-11(14-7)17-12(16-10)4-2-1-3-5-12/h7,9-11H,1-6H2. The maximum Gasteiger partial charge on any atom is 0.309 e. The van der Waals surface area contributed by atoms with Crippen molar-refractivity contribution in [3.8, 4) is 0 Å². The molecule has 4 fully saturated rings. The van der Waals surface area contributed by atoms with E-state index < -0.39 is 5.79 Å². The fourth-order valence-corrected chi connectivity index (χ4v) is 3.40. The van der Waals surface area contributed by atoms with Crippen molar-refractivity contribution in [2.24, 2.45) is 0 Å². The van der Waals surface area contributed by atoms with Gasteiger partial charge in [0, 0.05) is 12.8 Å². The van der Waals surface area contributed by atoms with Crippen molar-refractivity contribution >= 4 is 5.97 Å². The van der Waals surface area contributed by atoms with Gasteiger partial charge >= 0.3 is 5.97 Å². The molecule has 4 rings (SSSR count). The van der Waals surface area contributed by atoms with Gasteiger partial charge in [0.1, 0.15) is 6.10 Å². The van der Waals surface area contributed by atoms with Gasteiger partial charge in [-0.15, -0.1) is 0 Å². The van der Waals surface area contributed by atoms with Crippen LogP contribution in [0.15, 0.2) is 0 Å². The number of carbonyl (C=O) groups excluding carboxylic acids is 1. The van der Waals surface area contributed by atoms with Crippen LogP contribution in [0, 0.1) is 0 Å². The first-order chi connectivity index (χ1) is 8.26. The van der Waals surface area contributed by atoms with Gasteiger partial charge in [0.2, 0.25) is 0 Å². The number of hydrogen-bond donors (Lipinski definition) is 0. The minimum Gasteiger partial charge on any atom is -0.456 e. The molecule has 0 N–H and O–H groups in total. The lowest BCUT2D eigenvalue weighted by Gasteiger charge is -2.32. The van der Waals surface area contributed by atoms with Crippen LogP contribution in [0.3, 0.4) is 0 Å². The van der Waals surface area contributed by atoms with Crippen molar-refractivity contribution in [3.05, 3.63) is 0 Å². The summed E-state index contributed by atoms with van der Waals surface area (Å²) in [6, 6.07) is 0. The van der Waals surface area contributed by atoms with Gasteiger partial charge in [0.05, 0.1) is 6.42 Å². The highest BCUT2D eigenvalue weighted by atomic mass is 16.8. The van der Waals surface area contributed by atoms with Crippen LogP contribution >= 0.6 is 0 Å². The van der Waals surface area contributed by atoms with Crippen molar-refractivity contribution in [1.82, 2.24) is 0 Å². The molecule has 3 aliphatic heterocycles. The van der Waals surface area contributed by atoms with Crippen molar-refractivity contribution in [2.45, 2.75) is 68.9 Å². The summed E-state index contributed by atoms with van der Waals surface area (Å²) in [5.74, 6) is -0.653. The van der Waals surface area contributed by atoms with Crippen LogP contribution in [0.25, 0.3) is 0 Å². The van der Waals surface area contributed by atoms with Gasteiger partial charge in [0.25, 0.3) is 0 Å². The number of hydrogen-bond acceptors (Lipinski definition) is 5. The molecule has 4 aliphatic rings. The lowest BCUT2D eigenvalue weighted by atomic mass is 9.94. The van der Waals surface area contributed by atoms with E-state index >= 15 is 0 Å². The second-order valence-corrected chi connectivity index (χ2v) is 5.37. The highest BCUT2D eigenvalue weighted by Gasteiger charge is 2.61. The molecule has 4 atom stereocenters. The van der Waals surface area contributed by atoms with Crippen LogP contribution in [0.5, 0.6) is 0 Å². The minimum absolute atomic E-state index is 0.168. The molecule has 1 spiro atoms. The first kappa shape index (κ1) is 10.3. The van der Waals surface area contributed by atoms with Crippen molar-refractivity contribution < 1.29 is 23.7 Å². The molecule has 1 aliphatic carbocycles. The molecule has 0 aromatic heterocycles. The fraction of sp³-hybridized carbons (Fsp3) is 0.917. The molecule has 0 aromatic carbocycles. The summed E-state index contributed by atoms with van der Waals surface area (Å²) < 4.78 is 23.0. The second-order valence-electron chi connectivity index (χ2n) is 5.37. The molecule has 0 bridgehead atoms. The second kappa shape index (κ2) is 3.43. The molecule has 0 amide bonds. The summed E-state index contributed by atoms with van der Waals surface area (Å²) in [6.45, 7) is 0. The molecular formula is C12H16O5. The topological polar surface area (TPSA) is 54.0 Å². The van der Waals surface area contributed by atoms with E-state index in [2.05, 4.69) is 0 Å². The molecule has 94 valence electrons. The Kier molecular flexibility index (Phi) is 2.08. The average molecular weight is 240 g/mol. The Balaban J connectivity index is 1.53. The van der Waals surface area contributed by atoms with Crippen LogP contribution in [0.4, 0.5) is 0 Å². The molecule has 5 nitrogen and oxygen atoms in total. The van der Waals surface area contributed by atoms with E-state index in [0.717, 1.165) is 25.7 Å². The van der Waals surface area contributed by atoms with Gasteiger partial charge in [-0.3, -0.25) is 4.79 Å². The minimum atomic E-state index is -0.465. The zero-order valence-electron chi connectivity index (χ0n) is 9.59. The van der Waals surface area contributed by atoms with Gasteiger partial charge in [-0.05, 0) is 12.8 Å². The largest absolute Gasteiger partial charge is 0.456 e. The smallest absolute Gasteiger partial charge is 0.309 e. The zero-order valence-corrected chi connectivity index (χ0v) is 9.59. The first-order valence-electron chi connectivity index (χ1n) is 6.46. The Morgan fingerprint density at radius 1 is 1.06 bits per heavy atom. The van der Waals surface area contributed by atoms with E-state index in [1.165, 1.54) is 6.42 Å². The fourth-order valence-electron chi connectivity index (χ4n) is 3.40. The van der Waals surface area contributed by atoms with E-state index in [0.29, 0.717) is 6.42 Å². The Labute approximate surface area is 99.3 Å². The third-order valence-corrected chi connectivity index (χ3v) is 4.20. The van der Waals surface area contributed by atoms with E-state index in [-0.39, 0.29) is 30.6 Å². The predicted molar refractivity (Wildman–Crippen MR) is 54.9 cm³/mol. The van der Waals surface area contributed by atoms with E-state index in [1.54, 1.807) is 0 Å². The maximum absolute atomic E-state index is 11.2. The third-order valence-electron chi connectivity index (χ3n) is 4.20. The summed E-state index contributed by atoms with van der Waals surface area (Å²) >= 11 is 0. The lowest BCUT2D eigenvalue weighted by Crippen LogP contribution is -2.37.